The van der Waals surface area contributed by atoms with Crippen LogP contribution in [0.4, 0.5) is 21.7 Å². The Morgan fingerprint density at radius 1 is 1.06 bits per heavy atom. The minimum absolute atomic E-state index is 0.311. The fourth-order valence-corrected chi connectivity index (χ4v) is 4.16. The minimum Gasteiger partial charge on any atom is -0.350 e. The molecule has 0 amide bonds. The molecule has 180 valence electrons. The summed E-state index contributed by atoms with van der Waals surface area (Å²) in [6, 6.07) is 6.51. The predicted octanol–water partition coefficient (Wildman–Crippen LogP) is 3.23. The van der Waals surface area contributed by atoms with E-state index in [0.717, 1.165) is 42.2 Å². The van der Waals surface area contributed by atoms with E-state index < -0.39 is 5.82 Å². The third-order valence-corrected chi connectivity index (χ3v) is 6.16. The van der Waals surface area contributed by atoms with E-state index in [2.05, 4.69) is 58.8 Å². The lowest BCUT2D eigenvalue weighted by atomic mass is 10.1. The largest absolute Gasteiger partial charge is 0.350 e. The van der Waals surface area contributed by atoms with Crippen LogP contribution < -0.4 is 10.2 Å². The van der Waals surface area contributed by atoms with Gasteiger partial charge in [-0.15, -0.1) is 5.10 Å². The third kappa shape index (κ3) is 4.02. The number of anilines is 3. The van der Waals surface area contributed by atoms with Crippen LogP contribution in [-0.2, 0) is 6.42 Å². The first-order valence-electron chi connectivity index (χ1n) is 11.6. The maximum atomic E-state index is 14.8. The van der Waals surface area contributed by atoms with Gasteiger partial charge < -0.3 is 10.2 Å². The summed E-state index contributed by atoms with van der Waals surface area (Å²) in [7, 11) is 0. The topological polar surface area (TPSA) is 115 Å². The van der Waals surface area contributed by atoms with E-state index in [4.69, 9.17) is 0 Å². The van der Waals surface area contributed by atoms with Crippen molar-refractivity contribution >= 4 is 28.5 Å². The molecule has 1 aliphatic rings. The Labute approximate surface area is 205 Å². The number of halogens is 1. The highest BCUT2D eigenvalue weighted by Crippen LogP contribution is 2.28. The Morgan fingerprint density at radius 2 is 1.94 bits per heavy atom. The molecule has 0 radical (unpaired) electrons. The highest BCUT2D eigenvalue weighted by Gasteiger charge is 2.19. The molecule has 5 heterocycles. The van der Waals surface area contributed by atoms with Crippen LogP contribution in [0.5, 0.6) is 0 Å². The number of rotatable bonds is 6. The van der Waals surface area contributed by atoms with E-state index >= 15 is 0 Å². The Balaban J connectivity index is 1.23. The van der Waals surface area contributed by atoms with Crippen LogP contribution in [0.2, 0.25) is 0 Å². The molecule has 1 aromatic carbocycles. The number of hydrogen-bond donors (Lipinski definition) is 1. The van der Waals surface area contributed by atoms with Gasteiger partial charge in [0.25, 0.3) is 0 Å². The molecule has 1 aliphatic heterocycles. The van der Waals surface area contributed by atoms with Crippen LogP contribution in [0.1, 0.15) is 24.6 Å². The number of tetrazole rings is 1. The van der Waals surface area contributed by atoms with Gasteiger partial charge in [-0.1, -0.05) is 13.0 Å². The Hall–Kier alpha value is -4.74. The molecule has 0 bridgehead atoms. The SMILES string of the molecule is CCc1cnc(N2CC=C(c3cnc4c(Nc5ccc(-n6cnnn6)cc5F)ccnn34)CC2)nc1. The van der Waals surface area contributed by atoms with Crippen molar-refractivity contribution in [1.29, 1.82) is 0 Å². The van der Waals surface area contributed by atoms with E-state index in [-0.39, 0.29) is 0 Å². The summed E-state index contributed by atoms with van der Waals surface area (Å²) in [5.74, 6) is 0.299. The first-order valence-corrected chi connectivity index (χ1v) is 11.6. The normalized spacial score (nSPS) is 13.7. The number of fused-ring (bicyclic) bond motifs is 1. The molecule has 0 atom stereocenters. The molecule has 0 unspecified atom stereocenters. The van der Waals surface area contributed by atoms with Gasteiger partial charge in [0.05, 0.1) is 35.1 Å². The van der Waals surface area contributed by atoms with Crippen LogP contribution in [0.15, 0.2) is 61.5 Å². The quantitative estimate of drug-likeness (QED) is 0.389. The van der Waals surface area contributed by atoms with Crippen molar-refractivity contribution < 1.29 is 4.39 Å². The second-order valence-electron chi connectivity index (χ2n) is 8.34. The highest BCUT2D eigenvalue weighted by atomic mass is 19.1. The van der Waals surface area contributed by atoms with Gasteiger partial charge in [0.1, 0.15) is 12.1 Å². The first-order chi connectivity index (χ1) is 17.7. The molecule has 36 heavy (non-hydrogen) atoms. The molecular weight excluding hydrogens is 461 g/mol. The van der Waals surface area contributed by atoms with E-state index in [0.29, 0.717) is 29.3 Å². The molecule has 0 spiro atoms. The monoisotopic (exact) mass is 483 g/mol. The minimum atomic E-state index is -0.436. The van der Waals surface area contributed by atoms with Crippen molar-refractivity contribution in [3.63, 3.8) is 0 Å². The molecule has 0 fully saturated rings. The van der Waals surface area contributed by atoms with Crippen molar-refractivity contribution in [3.05, 3.63) is 78.5 Å². The predicted molar refractivity (Wildman–Crippen MR) is 132 cm³/mol. The average molecular weight is 484 g/mol. The number of imidazole rings is 1. The van der Waals surface area contributed by atoms with Gasteiger partial charge in [0.2, 0.25) is 5.95 Å². The van der Waals surface area contributed by atoms with Crippen molar-refractivity contribution in [3.8, 4) is 5.69 Å². The van der Waals surface area contributed by atoms with Crippen LogP contribution >= 0.6 is 0 Å². The maximum Gasteiger partial charge on any atom is 0.225 e. The number of benzene rings is 1. The second kappa shape index (κ2) is 9.13. The number of hydrogen-bond acceptors (Lipinski definition) is 9. The zero-order valence-electron chi connectivity index (χ0n) is 19.5. The van der Waals surface area contributed by atoms with Crippen LogP contribution in [-0.4, -0.2) is 57.9 Å². The Kier molecular flexibility index (Phi) is 5.52. The average Bonchev–Trinajstić information content (AvgIpc) is 3.61. The van der Waals surface area contributed by atoms with Crippen LogP contribution in [0, 0.1) is 5.82 Å². The van der Waals surface area contributed by atoms with Crippen molar-refractivity contribution in [2.45, 2.75) is 19.8 Å². The fraction of sp³-hybridized carbons (Fsp3) is 0.208. The highest BCUT2D eigenvalue weighted by molar-refractivity contribution is 5.77. The summed E-state index contributed by atoms with van der Waals surface area (Å²) in [5, 5.41) is 18.6. The van der Waals surface area contributed by atoms with E-state index in [1.807, 2.05) is 12.4 Å². The first kappa shape index (κ1) is 21.8. The zero-order chi connectivity index (χ0) is 24.5. The van der Waals surface area contributed by atoms with Crippen molar-refractivity contribution in [2.24, 2.45) is 0 Å². The van der Waals surface area contributed by atoms with Crippen LogP contribution in [0.3, 0.4) is 0 Å². The number of nitrogens with zero attached hydrogens (tertiary/aromatic N) is 10. The van der Waals surface area contributed by atoms with Gasteiger partial charge in [0, 0.05) is 31.5 Å². The van der Waals surface area contributed by atoms with Crippen molar-refractivity contribution in [2.75, 3.05) is 23.3 Å². The molecule has 11 nitrogen and oxygen atoms in total. The molecule has 0 aliphatic carbocycles. The van der Waals surface area contributed by atoms with Gasteiger partial charge in [-0.3, -0.25) is 0 Å². The summed E-state index contributed by atoms with van der Waals surface area (Å²) in [5.41, 5.74) is 5.26. The smallest absolute Gasteiger partial charge is 0.225 e. The fourth-order valence-electron chi connectivity index (χ4n) is 4.16. The summed E-state index contributed by atoms with van der Waals surface area (Å²) in [4.78, 5) is 15.7. The Morgan fingerprint density at radius 3 is 2.67 bits per heavy atom. The molecule has 6 rings (SSSR count). The van der Waals surface area contributed by atoms with Gasteiger partial charge >= 0.3 is 0 Å². The maximum absolute atomic E-state index is 14.8. The van der Waals surface area contributed by atoms with Gasteiger partial charge in [0.15, 0.2) is 5.65 Å². The summed E-state index contributed by atoms with van der Waals surface area (Å²) in [6.45, 7) is 3.58. The molecule has 12 heteroatoms. The standard InChI is InChI=1S/C24H22FN11/c1-2-16-12-27-24(28-13-16)34-9-6-17(7-10-34)22-14-26-23-21(5-8-30-36(22)23)31-20-4-3-18(11-19(20)25)35-15-29-32-33-35/h3-6,8,11-15,31H,2,7,9-10H2,1H3. The molecule has 0 saturated carbocycles. The lowest BCUT2D eigenvalue weighted by molar-refractivity contribution is 0.629. The van der Waals surface area contributed by atoms with Gasteiger partial charge in [-0.05, 0) is 52.6 Å². The summed E-state index contributed by atoms with van der Waals surface area (Å²) in [6.07, 6.45) is 12.5. The Bertz CT molecular complexity index is 1540. The summed E-state index contributed by atoms with van der Waals surface area (Å²) < 4.78 is 18.0. The second-order valence-corrected chi connectivity index (χ2v) is 8.34. The van der Waals surface area contributed by atoms with E-state index in [1.165, 1.54) is 17.1 Å². The molecule has 4 aromatic heterocycles. The van der Waals surface area contributed by atoms with Crippen LogP contribution in [0.25, 0.3) is 16.9 Å². The van der Waals surface area contributed by atoms with Gasteiger partial charge in [-0.2, -0.15) is 5.10 Å². The van der Waals surface area contributed by atoms with E-state index in [9.17, 15) is 4.39 Å². The van der Waals surface area contributed by atoms with Crippen molar-refractivity contribution in [1.82, 2.24) is 44.8 Å². The number of aryl methyl sites for hydroxylation is 1. The molecular formula is C24H22FN11. The number of nitrogens with one attached hydrogen (secondary N) is 1. The number of aromatic nitrogens is 9. The molecule has 0 saturated heterocycles. The zero-order valence-corrected chi connectivity index (χ0v) is 19.5. The molecule has 1 N–H and O–H groups in total. The van der Waals surface area contributed by atoms with Gasteiger partial charge in [-0.25, -0.2) is 28.5 Å². The molecule has 5 aromatic rings. The summed E-state index contributed by atoms with van der Waals surface area (Å²) >= 11 is 0. The third-order valence-electron chi connectivity index (χ3n) is 6.16. The lowest BCUT2D eigenvalue weighted by Gasteiger charge is -2.26. The lowest BCUT2D eigenvalue weighted by Crippen LogP contribution is -2.30. The van der Waals surface area contributed by atoms with E-state index in [1.54, 1.807) is 35.1 Å².